The van der Waals surface area contributed by atoms with E-state index in [4.69, 9.17) is 4.74 Å². The summed E-state index contributed by atoms with van der Waals surface area (Å²) >= 11 is 0. The molecule has 4 aromatic rings. The molecule has 3 heterocycles. The molecule has 1 fully saturated rings. The van der Waals surface area contributed by atoms with Crippen molar-refractivity contribution in [1.29, 1.82) is 0 Å². The van der Waals surface area contributed by atoms with Gasteiger partial charge in [-0.2, -0.15) is 30.0 Å². The number of nitrogens with zero attached hydrogens (tertiary/aromatic N) is 7. The highest BCUT2D eigenvalue weighted by Gasteiger charge is 2.33. The summed E-state index contributed by atoms with van der Waals surface area (Å²) in [6.45, 7) is 4.55. The molecule has 1 saturated heterocycles. The third-order valence-electron chi connectivity index (χ3n) is 5.88. The zero-order chi connectivity index (χ0) is 23.7. The summed E-state index contributed by atoms with van der Waals surface area (Å²) in [6.07, 6.45) is 6.42. The fourth-order valence-electron chi connectivity index (χ4n) is 4.20. The van der Waals surface area contributed by atoms with Crippen LogP contribution in [0.25, 0.3) is 11.4 Å². The first kappa shape index (κ1) is 21.9. The van der Waals surface area contributed by atoms with Crippen molar-refractivity contribution in [3.63, 3.8) is 0 Å². The van der Waals surface area contributed by atoms with Crippen LogP contribution in [0.1, 0.15) is 28.4 Å². The van der Waals surface area contributed by atoms with Gasteiger partial charge in [0.25, 0.3) is 5.91 Å². The van der Waals surface area contributed by atoms with Gasteiger partial charge in [0.05, 0.1) is 60.5 Å². The van der Waals surface area contributed by atoms with Gasteiger partial charge >= 0.3 is 0 Å². The highest BCUT2D eigenvalue weighted by molar-refractivity contribution is 5.98. The zero-order valence-electron chi connectivity index (χ0n) is 18.9. The molecular weight excluding hydrogens is 437 g/mol. The molecule has 2 aromatic heterocycles. The molecule has 0 radical (unpaired) electrons. The molecule has 9 nitrogen and oxygen atoms in total. The molecule has 2 atom stereocenters. The Morgan fingerprint density at radius 2 is 1.74 bits per heavy atom. The van der Waals surface area contributed by atoms with Crippen LogP contribution in [0.5, 0.6) is 0 Å². The summed E-state index contributed by atoms with van der Waals surface area (Å²) in [5.41, 5.74) is 3.15. The molecule has 2 aromatic carbocycles. The van der Waals surface area contributed by atoms with Crippen molar-refractivity contribution in [3.05, 3.63) is 83.7 Å². The van der Waals surface area contributed by atoms with E-state index < -0.39 is 0 Å². The van der Waals surface area contributed by atoms with E-state index in [0.29, 0.717) is 42.1 Å². The molecule has 1 aliphatic heterocycles. The van der Waals surface area contributed by atoms with Crippen LogP contribution in [0.3, 0.4) is 0 Å². The van der Waals surface area contributed by atoms with Gasteiger partial charge in [-0.1, -0.05) is 11.6 Å². The maximum Gasteiger partial charge on any atom is 0.256 e. The van der Waals surface area contributed by atoms with Gasteiger partial charge < -0.3 is 9.64 Å². The van der Waals surface area contributed by atoms with Crippen LogP contribution in [-0.4, -0.2) is 66.1 Å². The summed E-state index contributed by atoms with van der Waals surface area (Å²) < 4.78 is 20.7. The van der Waals surface area contributed by atoms with Crippen molar-refractivity contribution in [2.45, 2.75) is 32.4 Å². The van der Waals surface area contributed by atoms with Gasteiger partial charge in [0.15, 0.2) is 0 Å². The molecule has 0 aliphatic carbocycles. The fourth-order valence-corrected chi connectivity index (χ4v) is 4.20. The predicted molar refractivity (Wildman–Crippen MR) is 121 cm³/mol. The number of carbonyl (C=O) groups excluding carboxylic acids is 1. The van der Waals surface area contributed by atoms with Crippen LogP contribution in [0.4, 0.5) is 4.39 Å². The standard InChI is InChI=1S/C24H24FN7O2/c1-16-3-6-23(32-28-9-10-29-32)21(11-16)24(33)30-14-17(2)34-15-20(30)13-18-12-19(4-5-22(18)25)31-26-7-8-27-31/h3-12,17,20H,13-15H2,1-2H3/t17-,20-/m1/s1. The normalized spacial score (nSPS) is 18.3. The van der Waals surface area contributed by atoms with Crippen LogP contribution < -0.4 is 0 Å². The lowest BCUT2D eigenvalue weighted by molar-refractivity contribution is -0.0435. The topological polar surface area (TPSA) is 91.0 Å². The smallest absolute Gasteiger partial charge is 0.256 e. The molecule has 0 unspecified atom stereocenters. The van der Waals surface area contributed by atoms with Gasteiger partial charge in [0, 0.05) is 6.54 Å². The molecule has 0 bridgehead atoms. The van der Waals surface area contributed by atoms with Crippen LogP contribution in [0, 0.1) is 12.7 Å². The Labute approximate surface area is 195 Å². The Bertz CT molecular complexity index is 1290. The van der Waals surface area contributed by atoms with Gasteiger partial charge in [0.2, 0.25) is 0 Å². The number of benzene rings is 2. The molecule has 0 spiro atoms. The van der Waals surface area contributed by atoms with Crippen LogP contribution in [-0.2, 0) is 11.2 Å². The molecule has 5 rings (SSSR count). The molecule has 10 heteroatoms. The molecule has 34 heavy (non-hydrogen) atoms. The Hall–Kier alpha value is -3.92. The third kappa shape index (κ3) is 4.32. The number of amides is 1. The molecule has 174 valence electrons. The number of morpholine rings is 1. The Morgan fingerprint density at radius 1 is 1.03 bits per heavy atom. The minimum Gasteiger partial charge on any atom is -0.375 e. The summed E-state index contributed by atoms with van der Waals surface area (Å²) in [4.78, 5) is 18.5. The van der Waals surface area contributed by atoms with Crippen molar-refractivity contribution in [2.75, 3.05) is 13.2 Å². The maximum absolute atomic E-state index is 14.8. The number of aromatic nitrogens is 6. The summed E-state index contributed by atoms with van der Waals surface area (Å²) in [5.74, 6) is -0.514. The van der Waals surface area contributed by atoms with E-state index in [0.717, 1.165) is 5.56 Å². The second-order valence-electron chi connectivity index (χ2n) is 8.39. The average molecular weight is 462 g/mol. The van der Waals surface area contributed by atoms with E-state index in [-0.39, 0.29) is 23.9 Å². The molecular formula is C24H24FN7O2. The second kappa shape index (κ2) is 9.14. The lowest BCUT2D eigenvalue weighted by Gasteiger charge is -2.39. The van der Waals surface area contributed by atoms with Crippen LogP contribution in [0.2, 0.25) is 0 Å². The maximum atomic E-state index is 14.8. The van der Waals surface area contributed by atoms with Gasteiger partial charge in [0.1, 0.15) is 5.82 Å². The SMILES string of the molecule is Cc1ccc(-n2nccn2)c(C(=O)N2C[C@@H](C)OC[C@H]2Cc2cc(-n3nccn3)ccc2F)c1. The van der Waals surface area contributed by atoms with Gasteiger partial charge in [-0.15, -0.1) is 0 Å². The van der Waals surface area contributed by atoms with Crippen molar-refractivity contribution < 1.29 is 13.9 Å². The van der Waals surface area contributed by atoms with Gasteiger partial charge in [-0.3, -0.25) is 4.79 Å². The molecule has 1 amide bonds. The highest BCUT2D eigenvalue weighted by Crippen LogP contribution is 2.24. The van der Waals surface area contributed by atoms with Crippen molar-refractivity contribution in [3.8, 4) is 11.4 Å². The summed E-state index contributed by atoms with van der Waals surface area (Å²) in [5, 5.41) is 16.6. The van der Waals surface area contributed by atoms with E-state index in [1.807, 2.05) is 32.0 Å². The minimum atomic E-state index is -0.349. The first-order chi connectivity index (χ1) is 16.5. The van der Waals surface area contributed by atoms with E-state index in [2.05, 4.69) is 20.4 Å². The molecule has 1 aliphatic rings. The first-order valence-corrected chi connectivity index (χ1v) is 11.0. The number of hydrogen-bond donors (Lipinski definition) is 0. The Morgan fingerprint density at radius 3 is 2.47 bits per heavy atom. The number of hydrogen-bond acceptors (Lipinski definition) is 6. The second-order valence-corrected chi connectivity index (χ2v) is 8.39. The lowest BCUT2D eigenvalue weighted by atomic mass is 10.00. The van der Waals surface area contributed by atoms with E-state index in [1.54, 1.807) is 41.8 Å². The lowest BCUT2D eigenvalue weighted by Crippen LogP contribution is -2.52. The number of halogens is 1. The number of carbonyl (C=O) groups is 1. The number of aryl methyl sites for hydroxylation is 1. The zero-order valence-corrected chi connectivity index (χ0v) is 18.9. The van der Waals surface area contributed by atoms with Crippen molar-refractivity contribution >= 4 is 5.91 Å². The number of ether oxygens (including phenoxy) is 1. The average Bonchev–Trinajstić information content (AvgIpc) is 3.56. The number of rotatable bonds is 5. The van der Waals surface area contributed by atoms with Crippen LogP contribution >= 0.6 is 0 Å². The summed E-state index contributed by atoms with van der Waals surface area (Å²) in [6, 6.07) is 9.97. The van der Waals surface area contributed by atoms with E-state index >= 15 is 0 Å². The Balaban J connectivity index is 1.48. The largest absolute Gasteiger partial charge is 0.375 e. The van der Waals surface area contributed by atoms with E-state index in [9.17, 15) is 9.18 Å². The first-order valence-electron chi connectivity index (χ1n) is 11.0. The monoisotopic (exact) mass is 461 g/mol. The summed E-state index contributed by atoms with van der Waals surface area (Å²) in [7, 11) is 0. The van der Waals surface area contributed by atoms with Crippen molar-refractivity contribution in [1.82, 2.24) is 34.9 Å². The fraction of sp³-hybridized carbons (Fsp3) is 0.292. The molecule has 0 N–H and O–H groups in total. The van der Waals surface area contributed by atoms with Gasteiger partial charge in [-0.25, -0.2) is 4.39 Å². The van der Waals surface area contributed by atoms with Gasteiger partial charge in [-0.05, 0) is 56.2 Å². The quantitative estimate of drug-likeness (QED) is 0.454. The van der Waals surface area contributed by atoms with E-state index in [1.165, 1.54) is 15.7 Å². The molecule has 0 saturated carbocycles. The minimum absolute atomic E-state index is 0.138. The Kier molecular flexibility index (Phi) is 5.89. The third-order valence-corrected chi connectivity index (χ3v) is 5.88. The van der Waals surface area contributed by atoms with Crippen molar-refractivity contribution in [2.24, 2.45) is 0 Å². The predicted octanol–water partition coefficient (Wildman–Crippen LogP) is 2.77. The van der Waals surface area contributed by atoms with Crippen LogP contribution in [0.15, 0.2) is 61.2 Å². The highest BCUT2D eigenvalue weighted by atomic mass is 19.1.